The molecule has 0 saturated carbocycles. The van der Waals surface area contributed by atoms with Crippen LogP contribution in [0.3, 0.4) is 0 Å². The lowest BCUT2D eigenvalue weighted by Crippen LogP contribution is -1.99. The van der Waals surface area contributed by atoms with Crippen LogP contribution in [-0.4, -0.2) is 21.6 Å². The van der Waals surface area contributed by atoms with Crippen LogP contribution in [0.4, 0.5) is 5.82 Å². The molecule has 0 aromatic carbocycles. The van der Waals surface area contributed by atoms with Gasteiger partial charge in [0.25, 0.3) is 0 Å². The summed E-state index contributed by atoms with van der Waals surface area (Å²) in [4.78, 5) is 8.39. The normalized spacial score (nSPS) is 10.4. The van der Waals surface area contributed by atoms with Crippen molar-refractivity contribution in [1.29, 1.82) is 0 Å². The Hall–Kier alpha value is -2.04. The van der Waals surface area contributed by atoms with Crippen LogP contribution in [0.15, 0.2) is 24.7 Å². The van der Waals surface area contributed by atoms with Crippen LogP contribution in [-0.2, 0) is 6.54 Å². The number of aryl methyl sites for hydroxylation is 1. The van der Waals surface area contributed by atoms with Gasteiger partial charge in [-0.3, -0.25) is 0 Å². The molecule has 0 aliphatic heterocycles. The fraction of sp³-hybridized carbons (Fsp3) is 0.273. The zero-order valence-corrected chi connectivity index (χ0v) is 9.34. The van der Waals surface area contributed by atoms with Crippen LogP contribution in [0.2, 0.25) is 0 Å². The maximum Gasteiger partial charge on any atom is 0.212 e. The van der Waals surface area contributed by atoms with E-state index in [2.05, 4.69) is 9.97 Å². The number of imidazole rings is 1. The lowest BCUT2D eigenvalue weighted by molar-refractivity contribution is 0.398. The van der Waals surface area contributed by atoms with Crippen LogP contribution in [0, 0.1) is 0 Å². The molecular weight excluding hydrogens is 204 g/mol. The number of nitrogens with zero attached hydrogens (tertiary/aromatic N) is 3. The summed E-state index contributed by atoms with van der Waals surface area (Å²) in [5, 5.41) is 0. The zero-order valence-electron chi connectivity index (χ0n) is 9.34. The molecule has 84 valence electrons. The monoisotopic (exact) mass is 218 g/mol. The second kappa shape index (κ2) is 4.22. The first-order chi connectivity index (χ1) is 7.76. The van der Waals surface area contributed by atoms with Gasteiger partial charge in [-0.05, 0) is 13.0 Å². The number of ether oxygens (including phenoxy) is 1. The number of hydrogen-bond donors (Lipinski definition) is 1. The first-order valence-corrected chi connectivity index (χ1v) is 5.07. The summed E-state index contributed by atoms with van der Waals surface area (Å²) in [6.45, 7) is 2.83. The quantitative estimate of drug-likeness (QED) is 0.848. The van der Waals surface area contributed by atoms with Crippen molar-refractivity contribution >= 4 is 5.82 Å². The van der Waals surface area contributed by atoms with E-state index < -0.39 is 0 Å². The molecule has 2 rings (SSSR count). The summed E-state index contributed by atoms with van der Waals surface area (Å²) in [6, 6.07) is 3.68. The van der Waals surface area contributed by atoms with E-state index in [1.807, 2.05) is 17.6 Å². The molecular formula is C11H14N4O. The Morgan fingerprint density at radius 2 is 2.19 bits per heavy atom. The Labute approximate surface area is 93.9 Å². The minimum absolute atomic E-state index is 0.581. The SMILES string of the molecule is CCn1cnc(-c2ccc(OC)nc2)c1N. The van der Waals surface area contributed by atoms with Gasteiger partial charge in [0.2, 0.25) is 5.88 Å². The van der Waals surface area contributed by atoms with Crippen LogP contribution < -0.4 is 10.5 Å². The molecule has 5 heteroatoms. The van der Waals surface area contributed by atoms with E-state index in [1.54, 1.807) is 25.7 Å². The lowest BCUT2D eigenvalue weighted by Gasteiger charge is -2.03. The fourth-order valence-electron chi connectivity index (χ4n) is 1.51. The number of methoxy groups -OCH3 is 1. The largest absolute Gasteiger partial charge is 0.481 e. The number of anilines is 1. The third-order valence-corrected chi connectivity index (χ3v) is 2.44. The van der Waals surface area contributed by atoms with Gasteiger partial charge in [0.1, 0.15) is 11.5 Å². The Morgan fingerprint density at radius 3 is 2.69 bits per heavy atom. The highest BCUT2D eigenvalue weighted by atomic mass is 16.5. The van der Waals surface area contributed by atoms with Crippen molar-refractivity contribution in [1.82, 2.24) is 14.5 Å². The van der Waals surface area contributed by atoms with Gasteiger partial charge in [-0.2, -0.15) is 0 Å². The van der Waals surface area contributed by atoms with Crippen LogP contribution in [0.25, 0.3) is 11.3 Å². The van der Waals surface area contributed by atoms with Crippen molar-refractivity contribution in [3.8, 4) is 17.1 Å². The zero-order chi connectivity index (χ0) is 11.5. The second-order valence-corrected chi connectivity index (χ2v) is 3.35. The Kier molecular flexibility index (Phi) is 2.76. The molecule has 0 aliphatic rings. The average Bonchev–Trinajstić information content (AvgIpc) is 2.70. The molecule has 2 aromatic rings. The van der Waals surface area contributed by atoms with Crippen molar-refractivity contribution in [3.05, 3.63) is 24.7 Å². The topological polar surface area (TPSA) is 66.0 Å². The molecule has 0 atom stereocenters. The third-order valence-electron chi connectivity index (χ3n) is 2.44. The summed E-state index contributed by atoms with van der Waals surface area (Å²) >= 11 is 0. The van der Waals surface area contributed by atoms with Gasteiger partial charge in [-0.25, -0.2) is 9.97 Å². The molecule has 0 bridgehead atoms. The predicted molar refractivity (Wildman–Crippen MR) is 62.1 cm³/mol. The fourth-order valence-corrected chi connectivity index (χ4v) is 1.51. The van der Waals surface area contributed by atoms with E-state index in [9.17, 15) is 0 Å². The van der Waals surface area contributed by atoms with Crippen molar-refractivity contribution in [2.45, 2.75) is 13.5 Å². The van der Waals surface area contributed by atoms with Gasteiger partial charge in [0.15, 0.2) is 0 Å². The molecule has 2 aromatic heterocycles. The Balaban J connectivity index is 2.38. The van der Waals surface area contributed by atoms with Crippen molar-refractivity contribution in [2.24, 2.45) is 0 Å². The molecule has 2 heterocycles. The highest BCUT2D eigenvalue weighted by Gasteiger charge is 2.09. The summed E-state index contributed by atoms with van der Waals surface area (Å²) < 4.78 is 6.88. The van der Waals surface area contributed by atoms with Gasteiger partial charge in [-0.1, -0.05) is 0 Å². The molecule has 2 N–H and O–H groups in total. The summed E-state index contributed by atoms with van der Waals surface area (Å²) in [5.41, 5.74) is 7.61. The molecule has 0 spiro atoms. The minimum Gasteiger partial charge on any atom is -0.481 e. The number of nitrogens with two attached hydrogens (primary N) is 1. The molecule has 0 amide bonds. The van der Waals surface area contributed by atoms with Gasteiger partial charge in [0.05, 0.1) is 13.4 Å². The van der Waals surface area contributed by atoms with Crippen molar-refractivity contribution in [3.63, 3.8) is 0 Å². The molecule has 0 saturated heterocycles. The molecule has 0 aliphatic carbocycles. The molecule has 0 fully saturated rings. The van der Waals surface area contributed by atoms with Crippen LogP contribution in [0.1, 0.15) is 6.92 Å². The number of rotatable bonds is 3. The van der Waals surface area contributed by atoms with E-state index in [4.69, 9.17) is 10.5 Å². The molecule has 16 heavy (non-hydrogen) atoms. The van der Waals surface area contributed by atoms with Gasteiger partial charge in [-0.15, -0.1) is 0 Å². The van der Waals surface area contributed by atoms with Crippen molar-refractivity contribution < 1.29 is 4.74 Å². The number of nitrogen functional groups attached to an aromatic ring is 1. The van der Waals surface area contributed by atoms with Gasteiger partial charge < -0.3 is 15.0 Å². The minimum atomic E-state index is 0.581. The standard InChI is InChI=1S/C11H14N4O/c1-3-15-7-14-10(11(15)12)8-4-5-9(16-2)13-6-8/h4-7H,3,12H2,1-2H3. The highest BCUT2D eigenvalue weighted by Crippen LogP contribution is 2.24. The van der Waals surface area contributed by atoms with Crippen LogP contribution in [0.5, 0.6) is 5.88 Å². The highest BCUT2D eigenvalue weighted by molar-refractivity contribution is 5.69. The smallest absolute Gasteiger partial charge is 0.212 e. The Bertz CT molecular complexity index is 475. The van der Waals surface area contributed by atoms with E-state index in [0.29, 0.717) is 11.7 Å². The maximum absolute atomic E-state index is 5.96. The van der Waals surface area contributed by atoms with E-state index in [-0.39, 0.29) is 0 Å². The van der Waals surface area contributed by atoms with Crippen LogP contribution >= 0.6 is 0 Å². The van der Waals surface area contributed by atoms with E-state index in [1.165, 1.54) is 0 Å². The average molecular weight is 218 g/mol. The first-order valence-electron chi connectivity index (χ1n) is 5.07. The van der Waals surface area contributed by atoms with Gasteiger partial charge >= 0.3 is 0 Å². The predicted octanol–water partition coefficient (Wildman–Crippen LogP) is 1.56. The first kappa shape index (κ1) is 10.5. The second-order valence-electron chi connectivity index (χ2n) is 3.35. The number of pyridine rings is 1. The summed E-state index contributed by atoms with van der Waals surface area (Å²) in [7, 11) is 1.59. The van der Waals surface area contributed by atoms with E-state index >= 15 is 0 Å². The summed E-state index contributed by atoms with van der Waals surface area (Å²) in [5.74, 6) is 1.24. The van der Waals surface area contributed by atoms with E-state index in [0.717, 1.165) is 17.8 Å². The third kappa shape index (κ3) is 1.71. The maximum atomic E-state index is 5.96. The number of aromatic nitrogens is 3. The van der Waals surface area contributed by atoms with Gasteiger partial charge in [0, 0.05) is 24.4 Å². The molecule has 5 nitrogen and oxygen atoms in total. The number of hydrogen-bond acceptors (Lipinski definition) is 4. The molecule has 0 unspecified atom stereocenters. The van der Waals surface area contributed by atoms with Crippen molar-refractivity contribution in [2.75, 3.05) is 12.8 Å². The Morgan fingerprint density at radius 1 is 1.38 bits per heavy atom. The molecule has 0 radical (unpaired) electrons. The lowest BCUT2D eigenvalue weighted by atomic mass is 10.2. The summed E-state index contributed by atoms with van der Waals surface area (Å²) in [6.07, 6.45) is 3.44.